The molecule has 0 saturated heterocycles. The third-order valence-electron chi connectivity index (χ3n) is 6.75. The summed E-state index contributed by atoms with van der Waals surface area (Å²) in [6.07, 6.45) is -3.24. The molecular weight excluding hydrogens is 591 g/mol. The smallest absolute Gasteiger partial charge is 0.354 e. The third-order valence-corrected chi connectivity index (χ3v) is 8.84. The molecule has 0 fully saturated rings. The number of unbranched alkanes of at least 4 members (excludes halogenated alkanes) is 1. The summed E-state index contributed by atoms with van der Waals surface area (Å²) in [7, 11) is -4.58. The predicted molar refractivity (Wildman–Crippen MR) is 157 cm³/mol. The first-order chi connectivity index (χ1) is 19.8. The molecule has 0 aliphatic carbocycles. The van der Waals surface area contributed by atoms with Crippen LogP contribution in [0.25, 0.3) is 0 Å². The van der Waals surface area contributed by atoms with E-state index in [1.807, 2.05) is 26.0 Å². The Morgan fingerprint density at radius 3 is 2.26 bits per heavy atom. The maximum absolute atomic E-state index is 14.0. The molecule has 2 amide bonds. The van der Waals surface area contributed by atoms with Crippen molar-refractivity contribution in [2.45, 2.75) is 57.3 Å². The summed E-state index contributed by atoms with van der Waals surface area (Å²) >= 11 is 6.27. The van der Waals surface area contributed by atoms with Crippen molar-refractivity contribution in [3.63, 3.8) is 0 Å². The number of rotatable bonds is 12. The lowest BCUT2D eigenvalue weighted by Crippen LogP contribution is -2.51. The van der Waals surface area contributed by atoms with Gasteiger partial charge < -0.3 is 10.2 Å². The van der Waals surface area contributed by atoms with Gasteiger partial charge in [0, 0.05) is 13.1 Å². The second-order valence-electron chi connectivity index (χ2n) is 9.76. The maximum atomic E-state index is 14.0. The van der Waals surface area contributed by atoms with Crippen LogP contribution in [0.15, 0.2) is 77.7 Å². The summed E-state index contributed by atoms with van der Waals surface area (Å²) in [5.41, 5.74) is -0.0974. The van der Waals surface area contributed by atoms with Crippen molar-refractivity contribution in [1.82, 2.24) is 10.2 Å². The Kier molecular flexibility index (Phi) is 11.0. The molecule has 1 unspecified atom stereocenters. The zero-order valence-corrected chi connectivity index (χ0v) is 25.1. The molecule has 0 spiro atoms. The molecule has 0 radical (unpaired) electrons. The fourth-order valence-corrected chi connectivity index (χ4v) is 5.92. The van der Waals surface area contributed by atoms with Crippen LogP contribution in [0.5, 0.6) is 0 Å². The largest absolute Gasteiger partial charge is 0.416 e. The standard InChI is InChI=1S/C30H33ClF3N3O4S/c1-4-5-17-35-29(39)22(3)36(19-23-12-10-9-11-21(23)2)28(38)20-37(42(40,41)25-13-7-6-8-14-25)27-18-24(30(32,33)34)15-16-26(27)31/h6-16,18,22H,4-5,17,19-20H2,1-3H3,(H,35,39). The van der Waals surface area contributed by atoms with Crippen LogP contribution in [0.2, 0.25) is 5.02 Å². The number of amides is 2. The highest BCUT2D eigenvalue weighted by Gasteiger charge is 2.36. The van der Waals surface area contributed by atoms with Crippen molar-refractivity contribution in [3.8, 4) is 0 Å². The summed E-state index contributed by atoms with van der Waals surface area (Å²) in [6.45, 7) is 4.76. The van der Waals surface area contributed by atoms with E-state index in [9.17, 15) is 31.2 Å². The van der Waals surface area contributed by atoms with Gasteiger partial charge in [0.25, 0.3) is 10.0 Å². The molecule has 0 heterocycles. The van der Waals surface area contributed by atoms with E-state index in [4.69, 9.17) is 11.6 Å². The van der Waals surface area contributed by atoms with Gasteiger partial charge in [0.1, 0.15) is 12.6 Å². The molecule has 0 aromatic heterocycles. The van der Waals surface area contributed by atoms with Gasteiger partial charge in [-0.15, -0.1) is 0 Å². The zero-order chi connectivity index (χ0) is 31.1. The minimum Gasteiger partial charge on any atom is -0.354 e. The number of aryl methyl sites for hydroxylation is 1. The van der Waals surface area contributed by atoms with Gasteiger partial charge in [-0.25, -0.2) is 8.42 Å². The van der Waals surface area contributed by atoms with Gasteiger partial charge in [-0.1, -0.05) is 67.4 Å². The predicted octanol–water partition coefficient (Wildman–Crippen LogP) is 6.20. The van der Waals surface area contributed by atoms with Crippen LogP contribution in [-0.2, 0) is 32.3 Å². The number of carbonyl (C=O) groups is 2. The number of nitrogens with one attached hydrogen (secondary N) is 1. The second kappa shape index (κ2) is 14.1. The molecule has 3 rings (SSSR count). The highest BCUT2D eigenvalue weighted by atomic mass is 35.5. The monoisotopic (exact) mass is 623 g/mol. The van der Waals surface area contributed by atoms with E-state index in [1.54, 1.807) is 18.2 Å². The third kappa shape index (κ3) is 8.04. The van der Waals surface area contributed by atoms with Gasteiger partial charge in [0.2, 0.25) is 11.8 Å². The Morgan fingerprint density at radius 2 is 1.64 bits per heavy atom. The average Bonchev–Trinajstić information content (AvgIpc) is 2.95. The molecule has 12 heteroatoms. The molecule has 7 nitrogen and oxygen atoms in total. The molecule has 42 heavy (non-hydrogen) atoms. The van der Waals surface area contributed by atoms with Gasteiger partial charge in [-0.3, -0.25) is 13.9 Å². The number of benzene rings is 3. The van der Waals surface area contributed by atoms with Crippen LogP contribution < -0.4 is 9.62 Å². The molecule has 0 aliphatic heterocycles. The SMILES string of the molecule is CCCCNC(=O)C(C)N(Cc1ccccc1C)C(=O)CN(c1cc(C(F)(F)F)ccc1Cl)S(=O)(=O)c1ccccc1. The van der Waals surface area contributed by atoms with E-state index in [0.29, 0.717) is 22.5 Å². The minimum atomic E-state index is -4.80. The molecule has 0 saturated carbocycles. The highest BCUT2D eigenvalue weighted by molar-refractivity contribution is 7.92. The second-order valence-corrected chi connectivity index (χ2v) is 12.0. The van der Waals surface area contributed by atoms with E-state index in [-0.39, 0.29) is 16.5 Å². The van der Waals surface area contributed by atoms with Gasteiger partial charge in [-0.2, -0.15) is 13.2 Å². The van der Waals surface area contributed by atoms with Crippen molar-refractivity contribution < 1.29 is 31.2 Å². The van der Waals surface area contributed by atoms with Gasteiger partial charge in [-0.05, 0) is 61.7 Å². The lowest BCUT2D eigenvalue weighted by molar-refractivity contribution is -0.139. The zero-order valence-electron chi connectivity index (χ0n) is 23.5. The number of halogens is 4. The molecular formula is C30H33ClF3N3O4S. The van der Waals surface area contributed by atoms with Crippen molar-refractivity contribution in [2.24, 2.45) is 0 Å². The van der Waals surface area contributed by atoms with Crippen LogP contribution >= 0.6 is 11.6 Å². The van der Waals surface area contributed by atoms with Crippen molar-refractivity contribution in [2.75, 3.05) is 17.4 Å². The van der Waals surface area contributed by atoms with Crippen LogP contribution in [0.4, 0.5) is 18.9 Å². The van der Waals surface area contributed by atoms with Crippen molar-refractivity contribution in [1.29, 1.82) is 0 Å². The Hall–Kier alpha value is -3.57. The first-order valence-electron chi connectivity index (χ1n) is 13.3. The summed E-state index contributed by atoms with van der Waals surface area (Å²) in [5, 5.41) is 2.48. The highest BCUT2D eigenvalue weighted by Crippen LogP contribution is 2.37. The normalized spacial score (nSPS) is 12.5. The molecule has 0 bridgehead atoms. The van der Waals surface area contributed by atoms with E-state index in [0.717, 1.165) is 30.5 Å². The number of hydrogen-bond acceptors (Lipinski definition) is 4. The summed E-state index contributed by atoms with van der Waals surface area (Å²) in [6, 6.07) is 15.5. The lowest BCUT2D eigenvalue weighted by Gasteiger charge is -2.32. The van der Waals surface area contributed by atoms with Crippen molar-refractivity contribution in [3.05, 3.63) is 94.5 Å². The van der Waals surface area contributed by atoms with Gasteiger partial charge >= 0.3 is 6.18 Å². The molecule has 3 aromatic carbocycles. The lowest BCUT2D eigenvalue weighted by atomic mass is 10.1. The molecule has 226 valence electrons. The van der Waals surface area contributed by atoms with Gasteiger partial charge in [0.15, 0.2) is 0 Å². The Labute approximate surface area is 249 Å². The Morgan fingerprint density at radius 1 is 1.00 bits per heavy atom. The Balaban J connectivity index is 2.11. The topological polar surface area (TPSA) is 86.8 Å². The minimum absolute atomic E-state index is 0.0383. The van der Waals surface area contributed by atoms with Crippen molar-refractivity contribution >= 4 is 39.1 Å². The van der Waals surface area contributed by atoms with Crippen LogP contribution in [0.1, 0.15) is 43.4 Å². The fraction of sp³-hybridized carbons (Fsp3) is 0.333. The van der Waals surface area contributed by atoms with E-state index in [1.165, 1.54) is 36.1 Å². The molecule has 1 atom stereocenters. The average molecular weight is 624 g/mol. The number of alkyl halides is 3. The van der Waals surface area contributed by atoms with Gasteiger partial charge in [0.05, 0.1) is 21.2 Å². The number of anilines is 1. The number of hydrogen-bond donors (Lipinski definition) is 1. The summed E-state index contributed by atoms with van der Waals surface area (Å²) in [4.78, 5) is 28.0. The number of carbonyl (C=O) groups excluding carboxylic acids is 2. The summed E-state index contributed by atoms with van der Waals surface area (Å²) in [5.74, 6) is -1.25. The first kappa shape index (κ1) is 32.9. The van der Waals surface area contributed by atoms with E-state index in [2.05, 4.69) is 5.32 Å². The Bertz CT molecular complexity index is 1500. The maximum Gasteiger partial charge on any atom is 0.416 e. The quantitative estimate of drug-likeness (QED) is 0.244. The summed E-state index contributed by atoms with van der Waals surface area (Å²) < 4.78 is 69.2. The number of nitrogens with zero attached hydrogens (tertiary/aromatic N) is 2. The number of sulfonamides is 1. The van der Waals surface area contributed by atoms with E-state index < -0.39 is 51.9 Å². The van der Waals surface area contributed by atoms with E-state index >= 15 is 0 Å². The fourth-order valence-electron chi connectivity index (χ4n) is 4.20. The van der Waals surface area contributed by atoms with Crippen LogP contribution in [0, 0.1) is 6.92 Å². The molecule has 3 aromatic rings. The molecule has 0 aliphatic rings. The van der Waals surface area contributed by atoms with Crippen LogP contribution in [0.3, 0.4) is 0 Å². The molecule has 1 N–H and O–H groups in total. The van der Waals surface area contributed by atoms with Crippen LogP contribution in [-0.4, -0.2) is 44.3 Å². The first-order valence-corrected chi connectivity index (χ1v) is 15.1.